The Morgan fingerprint density at radius 3 is 2.37 bits per heavy atom. The maximum Gasteiger partial charge on any atom is 0.346 e. The van der Waals surface area contributed by atoms with Crippen LogP contribution in [0.2, 0.25) is 0 Å². The first-order chi connectivity index (χ1) is 13.2. The van der Waals surface area contributed by atoms with Crippen LogP contribution in [0.3, 0.4) is 0 Å². The summed E-state index contributed by atoms with van der Waals surface area (Å²) in [4.78, 5) is 16.7. The zero-order valence-electron chi connectivity index (χ0n) is 15.1. The lowest BCUT2D eigenvalue weighted by Gasteiger charge is -2.11. The van der Waals surface area contributed by atoms with Crippen molar-refractivity contribution in [1.82, 2.24) is 10.1 Å². The van der Waals surface area contributed by atoms with Crippen molar-refractivity contribution in [3.63, 3.8) is 0 Å². The summed E-state index contributed by atoms with van der Waals surface area (Å²) in [5.74, 6) is 1.28. The number of nitrogens with zero attached hydrogens (tertiary/aromatic N) is 2. The second kappa shape index (κ2) is 8.22. The first-order valence-electron chi connectivity index (χ1n) is 8.01. The Balaban J connectivity index is 1.73. The highest BCUT2D eigenvalue weighted by atomic mass is 16.6. The van der Waals surface area contributed by atoms with E-state index >= 15 is 0 Å². The highest BCUT2D eigenvalue weighted by molar-refractivity contribution is 5.95. The minimum atomic E-state index is -0.620. The van der Waals surface area contributed by atoms with Crippen molar-refractivity contribution >= 4 is 5.97 Å². The van der Waals surface area contributed by atoms with Crippen molar-refractivity contribution in [2.45, 2.75) is 6.61 Å². The van der Waals surface area contributed by atoms with Gasteiger partial charge in [0.2, 0.25) is 5.82 Å². The molecule has 0 fully saturated rings. The van der Waals surface area contributed by atoms with Gasteiger partial charge in [-0.25, -0.2) is 4.79 Å². The number of esters is 1. The molecule has 8 nitrogen and oxygen atoms in total. The Hall–Kier alpha value is -3.55. The standard InChI is InChI=1S/C19H18N2O6/c1-23-13-7-4-6-12(10-13)18-20-16(27-21-18)11-26-19(22)17-14(24-2)8-5-9-15(17)25-3/h4-10H,11H2,1-3H3. The normalized spacial score (nSPS) is 10.3. The van der Waals surface area contributed by atoms with E-state index in [9.17, 15) is 4.79 Å². The molecule has 0 aliphatic heterocycles. The zero-order chi connectivity index (χ0) is 19.2. The molecule has 0 radical (unpaired) electrons. The molecule has 2 aromatic carbocycles. The number of aromatic nitrogens is 2. The van der Waals surface area contributed by atoms with Crippen molar-refractivity contribution in [1.29, 1.82) is 0 Å². The molecular formula is C19H18N2O6. The van der Waals surface area contributed by atoms with Crippen LogP contribution < -0.4 is 14.2 Å². The van der Waals surface area contributed by atoms with Gasteiger partial charge in [-0.2, -0.15) is 4.98 Å². The van der Waals surface area contributed by atoms with Gasteiger partial charge in [0, 0.05) is 5.56 Å². The van der Waals surface area contributed by atoms with E-state index in [1.165, 1.54) is 14.2 Å². The van der Waals surface area contributed by atoms with E-state index in [0.29, 0.717) is 23.1 Å². The van der Waals surface area contributed by atoms with Crippen molar-refractivity contribution in [2.75, 3.05) is 21.3 Å². The molecule has 0 N–H and O–H groups in total. The highest BCUT2D eigenvalue weighted by Gasteiger charge is 2.21. The highest BCUT2D eigenvalue weighted by Crippen LogP contribution is 2.29. The number of rotatable bonds is 7. The predicted octanol–water partition coefficient (Wildman–Crippen LogP) is 3.12. The van der Waals surface area contributed by atoms with Gasteiger partial charge < -0.3 is 23.5 Å². The molecule has 0 saturated heterocycles. The fourth-order valence-corrected chi connectivity index (χ4v) is 2.44. The first-order valence-corrected chi connectivity index (χ1v) is 8.01. The molecule has 0 aliphatic rings. The predicted molar refractivity (Wildman–Crippen MR) is 95.0 cm³/mol. The third kappa shape index (κ3) is 4.00. The van der Waals surface area contributed by atoms with E-state index in [-0.39, 0.29) is 18.1 Å². The molecule has 0 unspecified atom stereocenters. The quantitative estimate of drug-likeness (QED) is 0.586. The molecule has 1 aromatic heterocycles. The Morgan fingerprint density at radius 2 is 1.70 bits per heavy atom. The van der Waals surface area contributed by atoms with Crippen molar-refractivity contribution in [2.24, 2.45) is 0 Å². The number of benzene rings is 2. The van der Waals surface area contributed by atoms with Crippen LogP contribution in [0.25, 0.3) is 11.4 Å². The Morgan fingerprint density at radius 1 is 1.00 bits per heavy atom. The number of carbonyl (C=O) groups excluding carboxylic acids is 1. The number of hydrogen-bond donors (Lipinski definition) is 0. The molecule has 140 valence electrons. The molecule has 0 bridgehead atoms. The number of carbonyl (C=O) groups is 1. The second-order valence-electron chi connectivity index (χ2n) is 5.36. The molecule has 8 heteroatoms. The van der Waals surface area contributed by atoms with Gasteiger partial charge in [0.1, 0.15) is 22.8 Å². The van der Waals surface area contributed by atoms with Crippen LogP contribution in [0.4, 0.5) is 0 Å². The van der Waals surface area contributed by atoms with E-state index in [2.05, 4.69) is 10.1 Å². The molecular weight excluding hydrogens is 352 g/mol. The topological polar surface area (TPSA) is 92.9 Å². The summed E-state index contributed by atoms with van der Waals surface area (Å²) >= 11 is 0. The van der Waals surface area contributed by atoms with E-state index in [4.69, 9.17) is 23.5 Å². The van der Waals surface area contributed by atoms with Crippen LogP contribution in [-0.2, 0) is 11.3 Å². The number of methoxy groups -OCH3 is 3. The summed E-state index contributed by atoms with van der Waals surface area (Å²) < 4.78 is 26.0. The van der Waals surface area contributed by atoms with Gasteiger partial charge in [-0.3, -0.25) is 0 Å². The fraction of sp³-hybridized carbons (Fsp3) is 0.211. The van der Waals surface area contributed by atoms with Crippen molar-refractivity contribution in [3.8, 4) is 28.6 Å². The lowest BCUT2D eigenvalue weighted by molar-refractivity contribution is 0.0422. The molecule has 0 atom stereocenters. The molecule has 0 saturated carbocycles. The fourth-order valence-electron chi connectivity index (χ4n) is 2.44. The van der Waals surface area contributed by atoms with Gasteiger partial charge in [0.15, 0.2) is 6.61 Å². The number of ether oxygens (including phenoxy) is 4. The maximum absolute atomic E-state index is 12.4. The van der Waals surface area contributed by atoms with Gasteiger partial charge >= 0.3 is 5.97 Å². The zero-order valence-corrected chi connectivity index (χ0v) is 15.1. The molecule has 0 aliphatic carbocycles. The average molecular weight is 370 g/mol. The molecule has 3 rings (SSSR count). The van der Waals surface area contributed by atoms with Crippen molar-refractivity contribution < 1.29 is 28.3 Å². The smallest absolute Gasteiger partial charge is 0.346 e. The van der Waals surface area contributed by atoms with E-state index in [1.54, 1.807) is 31.4 Å². The third-order valence-corrected chi connectivity index (χ3v) is 3.75. The molecule has 3 aromatic rings. The largest absolute Gasteiger partial charge is 0.497 e. The average Bonchev–Trinajstić information content (AvgIpc) is 3.20. The van der Waals surface area contributed by atoms with Crippen LogP contribution in [0.5, 0.6) is 17.2 Å². The van der Waals surface area contributed by atoms with Gasteiger partial charge in [-0.1, -0.05) is 23.4 Å². The summed E-state index contributed by atoms with van der Waals surface area (Å²) in [5.41, 5.74) is 0.914. The summed E-state index contributed by atoms with van der Waals surface area (Å²) in [5, 5.41) is 3.90. The van der Waals surface area contributed by atoms with Crippen LogP contribution >= 0.6 is 0 Å². The van der Waals surface area contributed by atoms with Crippen LogP contribution in [-0.4, -0.2) is 37.4 Å². The minimum Gasteiger partial charge on any atom is -0.497 e. The van der Waals surface area contributed by atoms with Crippen LogP contribution in [0.1, 0.15) is 16.2 Å². The Bertz CT molecular complexity index is 915. The van der Waals surface area contributed by atoms with Crippen LogP contribution in [0, 0.1) is 0 Å². The Kier molecular flexibility index (Phi) is 5.55. The molecule has 0 amide bonds. The van der Waals surface area contributed by atoms with Crippen LogP contribution in [0.15, 0.2) is 47.0 Å². The lowest BCUT2D eigenvalue weighted by Crippen LogP contribution is -2.09. The van der Waals surface area contributed by atoms with Gasteiger partial charge in [-0.15, -0.1) is 0 Å². The van der Waals surface area contributed by atoms with E-state index < -0.39 is 5.97 Å². The van der Waals surface area contributed by atoms with Gasteiger partial charge in [0.05, 0.1) is 21.3 Å². The summed E-state index contributed by atoms with van der Waals surface area (Å²) in [7, 11) is 4.50. The monoisotopic (exact) mass is 370 g/mol. The van der Waals surface area contributed by atoms with E-state index in [0.717, 1.165) is 5.56 Å². The second-order valence-corrected chi connectivity index (χ2v) is 5.36. The lowest BCUT2D eigenvalue weighted by atomic mass is 10.2. The molecule has 27 heavy (non-hydrogen) atoms. The van der Waals surface area contributed by atoms with Crippen molar-refractivity contribution in [3.05, 3.63) is 53.9 Å². The minimum absolute atomic E-state index is 0.162. The van der Waals surface area contributed by atoms with E-state index in [1.807, 2.05) is 18.2 Å². The molecule has 1 heterocycles. The van der Waals surface area contributed by atoms with Gasteiger partial charge in [0.25, 0.3) is 5.89 Å². The SMILES string of the molecule is COc1cccc(-c2noc(COC(=O)c3c(OC)cccc3OC)n2)c1. The summed E-state index contributed by atoms with van der Waals surface area (Å²) in [6.07, 6.45) is 0. The maximum atomic E-state index is 12.4. The Labute approximate surface area is 155 Å². The first kappa shape index (κ1) is 18.2. The molecule has 0 spiro atoms. The summed E-state index contributed by atoms with van der Waals surface area (Å²) in [6, 6.07) is 12.2. The summed E-state index contributed by atoms with van der Waals surface area (Å²) in [6.45, 7) is -0.184. The number of hydrogen-bond acceptors (Lipinski definition) is 8. The van der Waals surface area contributed by atoms with Gasteiger partial charge in [-0.05, 0) is 24.3 Å². The third-order valence-electron chi connectivity index (χ3n) is 3.75.